The first kappa shape index (κ1) is 13.5. The smallest absolute Gasteiger partial charge is 0.258 e. The van der Waals surface area contributed by atoms with Gasteiger partial charge in [0.05, 0.1) is 17.0 Å². The average Bonchev–Trinajstić information content (AvgIpc) is 2.73. The Bertz CT molecular complexity index is 730. The molecule has 0 saturated carbocycles. The van der Waals surface area contributed by atoms with Gasteiger partial charge >= 0.3 is 0 Å². The lowest BCUT2D eigenvalue weighted by Gasteiger charge is -2.04. The molecule has 1 aromatic carbocycles. The van der Waals surface area contributed by atoms with Crippen LogP contribution in [-0.2, 0) is 4.79 Å². The second-order valence-corrected chi connectivity index (χ2v) is 6.23. The molecule has 0 aliphatic carbocycles. The van der Waals surface area contributed by atoms with Gasteiger partial charge in [-0.05, 0) is 48.4 Å². The molecule has 0 saturated heterocycles. The molecule has 20 heavy (non-hydrogen) atoms. The topological polar surface area (TPSA) is 42.0 Å². The highest BCUT2D eigenvalue weighted by molar-refractivity contribution is 9.11. The molecule has 1 N–H and O–H groups in total. The highest BCUT2D eigenvalue weighted by Crippen LogP contribution is 2.33. The van der Waals surface area contributed by atoms with Crippen LogP contribution in [-0.4, -0.2) is 10.9 Å². The Labute approximate surface area is 133 Å². The molecular formula is C15H10Br2N2O. The highest BCUT2D eigenvalue weighted by atomic mass is 79.9. The number of amides is 1. The summed E-state index contributed by atoms with van der Waals surface area (Å²) in [7, 11) is 0. The van der Waals surface area contributed by atoms with Crippen LogP contribution in [0.1, 0.15) is 16.8 Å². The summed E-state index contributed by atoms with van der Waals surface area (Å²) in [4.78, 5) is 16.3. The van der Waals surface area contributed by atoms with Gasteiger partial charge in [-0.1, -0.05) is 31.9 Å². The number of rotatable bonds is 1. The molecular weight excluding hydrogens is 384 g/mol. The molecule has 1 amide bonds. The molecule has 100 valence electrons. The Kier molecular flexibility index (Phi) is 3.48. The monoisotopic (exact) mass is 392 g/mol. The standard InChI is InChI=1S/C15H10Br2N2O/c1-8-11(16)6-9(7-12(8)17)5-10-14-13(19-15(10)20)3-2-4-18-14/h2-7H,1H3,(H,19,20). The van der Waals surface area contributed by atoms with Gasteiger partial charge in [-0.2, -0.15) is 0 Å². The molecule has 1 aromatic heterocycles. The van der Waals surface area contributed by atoms with Crippen molar-refractivity contribution in [1.82, 2.24) is 4.98 Å². The number of carbonyl (C=O) groups is 1. The molecule has 2 heterocycles. The summed E-state index contributed by atoms with van der Waals surface area (Å²) >= 11 is 7.04. The van der Waals surface area contributed by atoms with Crippen LogP contribution in [0.2, 0.25) is 0 Å². The lowest BCUT2D eigenvalue weighted by Crippen LogP contribution is -2.03. The zero-order valence-corrected chi connectivity index (χ0v) is 13.7. The molecule has 1 aliphatic rings. The lowest BCUT2D eigenvalue weighted by atomic mass is 10.1. The molecule has 3 nitrogen and oxygen atoms in total. The van der Waals surface area contributed by atoms with Crippen molar-refractivity contribution in [3.05, 3.63) is 56.2 Å². The zero-order chi connectivity index (χ0) is 14.3. The number of hydrogen-bond donors (Lipinski definition) is 1. The SMILES string of the molecule is Cc1c(Br)cc(C=C2C(=O)Nc3cccnc32)cc1Br. The fourth-order valence-electron chi connectivity index (χ4n) is 2.07. The minimum absolute atomic E-state index is 0.119. The van der Waals surface area contributed by atoms with Gasteiger partial charge in [0.1, 0.15) is 0 Å². The summed E-state index contributed by atoms with van der Waals surface area (Å²) in [5.41, 5.74) is 4.11. The maximum absolute atomic E-state index is 12.0. The van der Waals surface area contributed by atoms with Crippen LogP contribution in [0.25, 0.3) is 11.6 Å². The minimum atomic E-state index is -0.119. The van der Waals surface area contributed by atoms with E-state index < -0.39 is 0 Å². The Morgan fingerprint density at radius 1 is 1.25 bits per heavy atom. The average molecular weight is 394 g/mol. The number of pyridine rings is 1. The fraction of sp³-hybridized carbons (Fsp3) is 0.0667. The molecule has 0 atom stereocenters. The van der Waals surface area contributed by atoms with E-state index in [1.807, 2.05) is 31.2 Å². The normalized spacial score (nSPS) is 15.3. The number of hydrogen-bond acceptors (Lipinski definition) is 2. The third-order valence-electron chi connectivity index (χ3n) is 3.17. The predicted octanol–water partition coefficient (Wildman–Crippen LogP) is 4.41. The van der Waals surface area contributed by atoms with Crippen LogP contribution in [0.4, 0.5) is 5.69 Å². The van der Waals surface area contributed by atoms with E-state index in [4.69, 9.17) is 0 Å². The highest BCUT2D eigenvalue weighted by Gasteiger charge is 2.24. The number of aromatic nitrogens is 1. The third-order valence-corrected chi connectivity index (χ3v) is 4.82. The van der Waals surface area contributed by atoms with Crippen molar-refractivity contribution in [3.8, 4) is 0 Å². The Morgan fingerprint density at radius 3 is 2.65 bits per heavy atom. The Hall–Kier alpha value is -1.46. The number of halogens is 2. The first-order chi connectivity index (χ1) is 9.56. The lowest BCUT2D eigenvalue weighted by molar-refractivity contribution is -0.110. The van der Waals surface area contributed by atoms with Crippen molar-refractivity contribution in [1.29, 1.82) is 0 Å². The summed E-state index contributed by atoms with van der Waals surface area (Å²) < 4.78 is 2.00. The van der Waals surface area contributed by atoms with Crippen molar-refractivity contribution in [2.24, 2.45) is 0 Å². The minimum Gasteiger partial charge on any atom is -0.320 e. The summed E-state index contributed by atoms with van der Waals surface area (Å²) in [6.45, 7) is 2.02. The van der Waals surface area contributed by atoms with Crippen LogP contribution in [0.3, 0.4) is 0 Å². The molecule has 0 radical (unpaired) electrons. The summed E-state index contributed by atoms with van der Waals surface area (Å²) in [6, 6.07) is 7.63. The number of benzene rings is 1. The van der Waals surface area contributed by atoms with Crippen molar-refractivity contribution in [3.63, 3.8) is 0 Å². The number of nitrogens with zero attached hydrogens (tertiary/aromatic N) is 1. The fourth-order valence-corrected chi connectivity index (χ4v) is 3.29. The molecule has 0 unspecified atom stereocenters. The van der Waals surface area contributed by atoms with Gasteiger partial charge in [-0.3, -0.25) is 9.78 Å². The predicted molar refractivity (Wildman–Crippen MR) is 87.3 cm³/mol. The van der Waals surface area contributed by atoms with Crippen molar-refractivity contribution in [2.45, 2.75) is 6.92 Å². The Balaban J connectivity index is 2.11. The molecule has 2 aromatic rings. The van der Waals surface area contributed by atoms with E-state index in [1.54, 1.807) is 12.3 Å². The van der Waals surface area contributed by atoms with Crippen LogP contribution in [0.5, 0.6) is 0 Å². The van der Waals surface area contributed by atoms with Crippen molar-refractivity contribution >= 4 is 55.1 Å². The van der Waals surface area contributed by atoms with Gasteiger partial charge < -0.3 is 5.32 Å². The van der Waals surface area contributed by atoms with Gasteiger partial charge in [-0.15, -0.1) is 0 Å². The van der Waals surface area contributed by atoms with Crippen LogP contribution in [0, 0.1) is 6.92 Å². The van der Waals surface area contributed by atoms with Gasteiger partial charge in [0, 0.05) is 15.1 Å². The number of anilines is 1. The van der Waals surface area contributed by atoms with Crippen LogP contribution >= 0.6 is 31.9 Å². The second kappa shape index (κ2) is 5.14. The number of fused-ring (bicyclic) bond motifs is 1. The maximum Gasteiger partial charge on any atom is 0.258 e. The Morgan fingerprint density at radius 2 is 1.95 bits per heavy atom. The van der Waals surface area contributed by atoms with E-state index in [1.165, 1.54) is 0 Å². The summed E-state index contributed by atoms with van der Waals surface area (Å²) in [6.07, 6.45) is 3.54. The number of carbonyl (C=O) groups excluding carboxylic acids is 1. The van der Waals surface area contributed by atoms with Gasteiger partial charge in [0.2, 0.25) is 0 Å². The molecule has 0 bridgehead atoms. The second-order valence-electron chi connectivity index (χ2n) is 4.52. The molecule has 3 rings (SSSR count). The maximum atomic E-state index is 12.0. The van der Waals surface area contributed by atoms with Crippen molar-refractivity contribution < 1.29 is 4.79 Å². The van der Waals surface area contributed by atoms with Gasteiger partial charge in [0.25, 0.3) is 5.91 Å². The first-order valence-corrected chi connectivity index (χ1v) is 7.59. The van der Waals surface area contributed by atoms with E-state index in [0.29, 0.717) is 11.3 Å². The van der Waals surface area contributed by atoms with Gasteiger partial charge in [-0.25, -0.2) is 0 Å². The number of nitrogens with one attached hydrogen (secondary N) is 1. The van der Waals surface area contributed by atoms with E-state index in [-0.39, 0.29) is 5.91 Å². The molecule has 5 heteroatoms. The molecule has 0 spiro atoms. The zero-order valence-electron chi connectivity index (χ0n) is 10.6. The largest absolute Gasteiger partial charge is 0.320 e. The first-order valence-electron chi connectivity index (χ1n) is 6.00. The van der Waals surface area contributed by atoms with E-state index in [9.17, 15) is 4.79 Å². The summed E-state index contributed by atoms with van der Waals surface area (Å²) in [5.74, 6) is -0.119. The molecule has 0 fully saturated rings. The van der Waals surface area contributed by atoms with E-state index in [0.717, 1.165) is 25.8 Å². The van der Waals surface area contributed by atoms with Crippen molar-refractivity contribution in [2.75, 3.05) is 5.32 Å². The quantitative estimate of drug-likeness (QED) is 0.729. The summed E-state index contributed by atoms with van der Waals surface area (Å²) in [5, 5.41) is 2.82. The van der Waals surface area contributed by atoms with Gasteiger partial charge in [0.15, 0.2) is 0 Å². The van der Waals surface area contributed by atoms with E-state index in [2.05, 4.69) is 42.2 Å². The van der Waals surface area contributed by atoms with Crippen LogP contribution in [0.15, 0.2) is 39.4 Å². The third kappa shape index (κ3) is 2.31. The van der Waals surface area contributed by atoms with Crippen LogP contribution < -0.4 is 5.32 Å². The van der Waals surface area contributed by atoms with E-state index >= 15 is 0 Å². The molecule has 1 aliphatic heterocycles.